The molecule has 2 N–H and O–H groups in total. The minimum absolute atomic E-state index is 0.276. The number of amides is 2. The Kier molecular flexibility index (Phi) is 4.52. The monoisotopic (exact) mass is 347 g/mol. The Morgan fingerprint density at radius 3 is 2.19 bits per heavy atom. The predicted molar refractivity (Wildman–Crippen MR) is 101 cm³/mol. The molecule has 0 radical (unpaired) electrons. The summed E-state index contributed by atoms with van der Waals surface area (Å²) in [7, 11) is 0. The molecule has 0 aromatic heterocycles. The lowest BCUT2D eigenvalue weighted by Gasteiger charge is -2.18. The third kappa shape index (κ3) is 3.31. The van der Waals surface area contributed by atoms with E-state index in [-0.39, 0.29) is 11.8 Å². The molecule has 0 heterocycles. The van der Waals surface area contributed by atoms with Crippen LogP contribution in [-0.4, -0.2) is 11.8 Å². The van der Waals surface area contributed by atoms with Gasteiger partial charge < -0.3 is 10.6 Å². The third-order valence-corrected chi connectivity index (χ3v) is 4.78. The van der Waals surface area contributed by atoms with E-state index in [0.29, 0.717) is 24.1 Å². The van der Waals surface area contributed by atoms with Crippen molar-refractivity contribution in [2.45, 2.75) is 33.6 Å². The summed E-state index contributed by atoms with van der Waals surface area (Å²) in [6.45, 7) is 5.90. The molecule has 1 fully saturated rings. The maximum absolute atomic E-state index is 12.8. The lowest BCUT2D eigenvalue weighted by molar-refractivity contribution is -0.131. The van der Waals surface area contributed by atoms with Gasteiger partial charge in [-0.05, 0) is 62.9 Å². The first-order valence-corrected chi connectivity index (χ1v) is 8.57. The molecule has 2 amide bonds. The van der Waals surface area contributed by atoms with Crippen molar-refractivity contribution in [2.24, 2.45) is 5.41 Å². The Bertz CT molecular complexity index is 914. The predicted octanol–water partition coefficient (Wildman–Crippen LogP) is 3.84. The summed E-state index contributed by atoms with van der Waals surface area (Å²) in [5.41, 5.74) is 3.81. The van der Waals surface area contributed by atoms with Crippen LogP contribution < -0.4 is 10.6 Å². The highest BCUT2D eigenvalue weighted by atomic mass is 16.2. The quantitative estimate of drug-likeness (QED) is 0.824. The molecular weight excluding hydrogens is 326 g/mol. The average Bonchev–Trinajstić information content (AvgIpc) is 3.40. The van der Waals surface area contributed by atoms with Crippen LogP contribution in [0.3, 0.4) is 0 Å². The summed E-state index contributed by atoms with van der Waals surface area (Å²) in [5, 5.41) is 14.7. The maximum atomic E-state index is 12.8. The number of nitriles is 1. The highest BCUT2D eigenvalue weighted by Crippen LogP contribution is 2.47. The summed E-state index contributed by atoms with van der Waals surface area (Å²) < 4.78 is 0. The Labute approximate surface area is 153 Å². The van der Waals surface area contributed by atoms with E-state index >= 15 is 0 Å². The van der Waals surface area contributed by atoms with Gasteiger partial charge in [0, 0.05) is 11.4 Å². The van der Waals surface area contributed by atoms with Gasteiger partial charge >= 0.3 is 0 Å². The number of nitrogens with one attached hydrogen (secondary N) is 2. The lowest BCUT2D eigenvalue weighted by Crippen LogP contribution is -2.36. The van der Waals surface area contributed by atoms with Crippen LogP contribution in [0.1, 0.15) is 35.1 Å². The van der Waals surface area contributed by atoms with Crippen molar-refractivity contribution in [2.75, 3.05) is 10.6 Å². The van der Waals surface area contributed by atoms with E-state index in [0.717, 1.165) is 22.4 Å². The first-order valence-electron chi connectivity index (χ1n) is 8.57. The van der Waals surface area contributed by atoms with Crippen LogP contribution in [-0.2, 0) is 9.59 Å². The molecule has 2 aromatic rings. The van der Waals surface area contributed by atoms with E-state index in [4.69, 9.17) is 5.26 Å². The molecule has 1 aliphatic rings. The molecule has 132 valence electrons. The van der Waals surface area contributed by atoms with E-state index in [2.05, 4.69) is 10.6 Å². The van der Waals surface area contributed by atoms with Crippen molar-refractivity contribution in [3.8, 4) is 6.07 Å². The van der Waals surface area contributed by atoms with Crippen molar-refractivity contribution in [3.63, 3.8) is 0 Å². The van der Waals surface area contributed by atoms with Crippen LogP contribution in [0.5, 0.6) is 0 Å². The number of hydrogen-bond donors (Lipinski definition) is 2. The van der Waals surface area contributed by atoms with Crippen LogP contribution in [0.25, 0.3) is 0 Å². The van der Waals surface area contributed by atoms with E-state index in [9.17, 15) is 9.59 Å². The first-order chi connectivity index (χ1) is 12.4. The SMILES string of the molecule is Cc1cc(C)c(NC(=O)C2(C(=O)Nc3cccc(C#N)c3)CC2)c(C)c1. The zero-order valence-corrected chi connectivity index (χ0v) is 15.1. The molecule has 5 nitrogen and oxygen atoms in total. The van der Waals surface area contributed by atoms with Gasteiger partial charge in [-0.3, -0.25) is 9.59 Å². The summed E-state index contributed by atoms with van der Waals surface area (Å²) in [6.07, 6.45) is 1.04. The minimum Gasteiger partial charge on any atom is -0.325 e. The second-order valence-electron chi connectivity index (χ2n) is 6.96. The Balaban J connectivity index is 1.77. The standard InChI is InChI=1S/C21H21N3O2/c1-13-9-14(2)18(15(3)10-13)24-20(26)21(7-8-21)19(25)23-17-6-4-5-16(11-17)12-22/h4-6,9-11H,7-8H2,1-3H3,(H,23,25)(H,24,26). The average molecular weight is 347 g/mol. The molecule has 5 heteroatoms. The van der Waals surface area contributed by atoms with E-state index in [1.54, 1.807) is 24.3 Å². The first kappa shape index (κ1) is 17.7. The highest BCUT2D eigenvalue weighted by molar-refractivity contribution is 6.17. The van der Waals surface area contributed by atoms with E-state index in [1.807, 2.05) is 39.0 Å². The van der Waals surface area contributed by atoms with Crippen LogP contribution in [0.2, 0.25) is 0 Å². The number of rotatable bonds is 4. The van der Waals surface area contributed by atoms with Gasteiger partial charge in [0.25, 0.3) is 0 Å². The minimum atomic E-state index is -1.04. The lowest BCUT2D eigenvalue weighted by atomic mass is 10.0. The molecule has 0 spiro atoms. The van der Waals surface area contributed by atoms with Crippen LogP contribution in [0.4, 0.5) is 11.4 Å². The number of aryl methyl sites for hydroxylation is 3. The van der Waals surface area contributed by atoms with Gasteiger partial charge in [0.15, 0.2) is 0 Å². The molecule has 3 rings (SSSR count). The van der Waals surface area contributed by atoms with Crippen LogP contribution in [0.15, 0.2) is 36.4 Å². The largest absolute Gasteiger partial charge is 0.325 e. The summed E-state index contributed by atoms with van der Waals surface area (Å²) in [6, 6.07) is 12.7. The zero-order chi connectivity index (χ0) is 18.9. The van der Waals surface area contributed by atoms with Gasteiger partial charge in [0.05, 0.1) is 11.6 Å². The Morgan fingerprint density at radius 1 is 1.00 bits per heavy atom. The number of nitrogens with zero attached hydrogens (tertiary/aromatic N) is 1. The number of anilines is 2. The molecular formula is C21H21N3O2. The molecule has 26 heavy (non-hydrogen) atoms. The van der Waals surface area contributed by atoms with Crippen LogP contribution >= 0.6 is 0 Å². The second-order valence-corrected chi connectivity index (χ2v) is 6.96. The highest BCUT2D eigenvalue weighted by Gasteiger charge is 2.56. The van der Waals surface area contributed by atoms with Gasteiger partial charge in [-0.1, -0.05) is 23.8 Å². The van der Waals surface area contributed by atoms with Crippen molar-refractivity contribution < 1.29 is 9.59 Å². The second kappa shape index (κ2) is 6.64. The van der Waals surface area contributed by atoms with Gasteiger partial charge in [-0.15, -0.1) is 0 Å². The molecule has 0 bridgehead atoms. The van der Waals surface area contributed by atoms with Gasteiger partial charge in [0.1, 0.15) is 5.41 Å². The fourth-order valence-electron chi connectivity index (χ4n) is 3.21. The van der Waals surface area contributed by atoms with Crippen molar-refractivity contribution in [1.29, 1.82) is 5.26 Å². The summed E-state index contributed by atoms with van der Waals surface area (Å²) in [5.74, 6) is -0.603. The van der Waals surface area contributed by atoms with Crippen LogP contribution in [0, 0.1) is 37.5 Å². The number of hydrogen-bond acceptors (Lipinski definition) is 3. The topological polar surface area (TPSA) is 82.0 Å². The van der Waals surface area contributed by atoms with Gasteiger partial charge in [-0.25, -0.2) is 0 Å². The fraction of sp³-hybridized carbons (Fsp3) is 0.286. The normalized spacial score (nSPS) is 14.2. The molecule has 0 aliphatic heterocycles. The van der Waals surface area contributed by atoms with Crippen molar-refractivity contribution >= 4 is 23.2 Å². The van der Waals surface area contributed by atoms with E-state index in [1.165, 1.54) is 0 Å². The van der Waals surface area contributed by atoms with E-state index < -0.39 is 5.41 Å². The molecule has 1 aliphatic carbocycles. The van der Waals surface area contributed by atoms with Crippen molar-refractivity contribution in [1.82, 2.24) is 0 Å². The molecule has 0 saturated heterocycles. The van der Waals surface area contributed by atoms with Gasteiger partial charge in [-0.2, -0.15) is 5.26 Å². The summed E-state index contributed by atoms with van der Waals surface area (Å²) in [4.78, 5) is 25.5. The maximum Gasteiger partial charge on any atom is 0.240 e. The van der Waals surface area contributed by atoms with Gasteiger partial charge in [0.2, 0.25) is 11.8 Å². The third-order valence-electron chi connectivity index (χ3n) is 4.78. The smallest absolute Gasteiger partial charge is 0.240 e. The summed E-state index contributed by atoms with van der Waals surface area (Å²) >= 11 is 0. The molecule has 0 atom stereocenters. The number of carbonyl (C=O) groups is 2. The fourth-order valence-corrected chi connectivity index (χ4v) is 3.21. The zero-order valence-electron chi connectivity index (χ0n) is 15.1. The molecule has 2 aromatic carbocycles. The number of carbonyl (C=O) groups excluding carboxylic acids is 2. The number of benzene rings is 2. The molecule has 0 unspecified atom stereocenters. The van der Waals surface area contributed by atoms with Crippen molar-refractivity contribution in [3.05, 3.63) is 58.7 Å². The Hall–Kier alpha value is -3.13. The molecule has 1 saturated carbocycles. The Morgan fingerprint density at radius 2 is 1.62 bits per heavy atom.